The van der Waals surface area contributed by atoms with E-state index in [0.29, 0.717) is 34.9 Å². The molecule has 1 aromatic rings. The molecule has 11 heteroatoms. The Hall–Kier alpha value is -1.62. The SMILES string of the molecule is CC(=O)Nc1cccc(C2=CSC(SCC(=O)NC[C@H]3CN(CC4C=C(Cl)C(Cl)=CC4)CCO3)N2)c1. The number of morpholine rings is 1. The molecule has 0 radical (unpaired) electrons. The Kier molecular flexibility index (Phi) is 10.1. The van der Waals surface area contributed by atoms with E-state index in [9.17, 15) is 9.59 Å². The Morgan fingerprint density at radius 1 is 1.31 bits per heavy atom. The number of carbonyl (C=O) groups excluding carboxylic acids is 2. The molecule has 7 nitrogen and oxygen atoms in total. The van der Waals surface area contributed by atoms with Gasteiger partial charge in [-0.1, -0.05) is 59.2 Å². The zero-order valence-electron chi connectivity index (χ0n) is 20.0. The van der Waals surface area contributed by atoms with Gasteiger partial charge in [0.05, 0.1) is 28.5 Å². The molecule has 36 heavy (non-hydrogen) atoms. The number of benzene rings is 1. The smallest absolute Gasteiger partial charge is 0.230 e. The molecule has 2 heterocycles. The summed E-state index contributed by atoms with van der Waals surface area (Å²) in [4.78, 5) is 26.1. The Labute approximate surface area is 230 Å². The van der Waals surface area contributed by atoms with E-state index in [1.807, 2.05) is 41.8 Å². The van der Waals surface area contributed by atoms with Crippen molar-refractivity contribution < 1.29 is 14.3 Å². The third-order valence-electron chi connectivity index (χ3n) is 5.90. The van der Waals surface area contributed by atoms with Crippen LogP contribution in [0.15, 0.2) is 51.9 Å². The topological polar surface area (TPSA) is 82.7 Å². The molecule has 3 N–H and O–H groups in total. The third kappa shape index (κ3) is 8.19. The normalized spacial score (nSPS) is 24.3. The molecule has 0 bridgehead atoms. The number of amides is 2. The van der Waals surface area contributed by atoms with Gasteiger partial charge in [0.25, 0.3) is 0 Å². The zero-order chi connectivity index (χ0) is 25.5. The molecule has 3 atom stereocenters. The number of halogens is 2. The minimum atomic E-state index is -0.102. The fourth-order valence-corrected chi connectivity index (χ4v) is 6.56. The van der Waals surface area contributed by atoms with Gasteiger partial charge in [0.2, 0.25) is 11.8 Å². The van der Waals surface area contributed by atoms with Crippen LogP contribution < -0.4 is 16.0 Å². The molecule has 2 unspecified atom stereocenters. The quantitative estimate of drug-likeness (QED) is 0.407. The van der Waals surface area contributed by atoms with Crippen molar-refractivity contribution in [1.29, 1.82) is 0 Å². The van der Waals surface area contributed by atoms with E-state index >= 15 is 0 Å². The summed E-state index contributed by atoms with van der Waals surface area (Å²) in [5.74, 6) is 0.584. The van der Waals surface area contributed by atoms with Crippen LogP contribution in [-0.4, -0.2) is 66.1 Å². The Morgan fingerprint density at radius 2 is 2.17 bits per heavy atom. The number of hydrogen-bond donors (Lipinski definition) is 3. The summed E-state index contributed by atoms with van der Waals surface area (Å²) in [6, 6.07) is 7.68. The van der Waals surface area contributed by atoms with E-state index < -0.39 is 0 Å². The minimum absolute atomic E-state index is 0.00833. The predicted octanol–water partition coefficient (Wildman–Crippen LogP) is 4.38. The van der Waals surface area contributed by atoms with Crippen molar-refractivity contribution >= 4 is 69.9 Å². The Balaban J connectivity index is 1.15. The van der Waals surface area contributed by atoms with Crippen molar-refractivity contribution in [1.82, 2.24) is 15.5 Å². The number of allylic oxidation sites excluding steroid dienone is 3. The van der Waals surface area contributed by atoms with Gasteiger partial charge in [-0.15, -0.1) is 11.8 Å². The average molecular weight is 570 g/mol. The maximum atomic E-state index is 12.5. The van der Waals surface area contributed by atoms with Crippen LogP contribution in [0.5, 0.6) is 0 Å². The molecule has 1 aliphatic carbocycles. The molecule has 0 spiro atoms. The average Bonchev–Trinajstić information content (AvgIpc) is 3.33. The number of nitrogens with zero attached hydrogens (tertiary/aromatic N) is 1. The second-order valence-corrected chi connectivity index (χ2v) is 12.0. The van der Waals surface area contributed by atoms with Crippen LogP contribution in [0.4, 0.5) is 5.69 Å². The van der Waals surface area contributed by atoms with Crippen LogP contribution >= 0.6 is 46.7 Å². The van der Waals surface area contributed by atoms with Crippen molar-refractivity contribution in [2.24, 2.45) is 5.92 Å². The first-order chi connectivity index (χ1) is 17.4. The highest BCUT2D eigenvalue weighted by Crippen LogP contribution is 2.34. The monoisotopic (exact) mass is 568 g/mol. The maximum Gasteiger partial charge on any atom is 0.230 e. The molecule has 1 saturated heterocycles. The zero-order valence-corrected chi connectivity index (χ0v) is 23.1. The maximum absolute atomic E-state index is 12.5. The van der Waals surface area contributed by atoms with Crippen LogP contribution in [0.2, 0.25) is 0 Å². The second kappa shape index (κ2) is 13.3. The van der Waals surface area contributed by atoms with Gasteiger partial charge >= 0.3 is 0 Å². The fourth-order valence-electron chi connectivity index (χ4n) is 4.19. The lowest BCUT2D eigenvalue weighted by molar-refractivity contribution is -0.119. The van der Waals surface area contributed by atoms with Crippen LogP contribution in [0, 0.1) is 5.92 Å². The second-order valence-electron chi connectivity index (χ2n) is 8.84. The lowest BCUT2D eigenvalue weighted by Crippen LogP contribution is -2.48. The van der Waals surface area contributed by atoms with Crippen molar-refractivity contribution in [2.75, 3.05) is 43.9 Å². The fraction of sp³-hybridized carbons (Fsp3) is 0.440. The minimum Gasteiger partial charge on any atom is -0.374 e. The van der Waals surface area contributed by atoms with Gasteiger partial charge in [0.1, 0.15) is 4.71 Å². The highest BCUT2D eigenvalue weighted by molar-refractivity contribution is 8.18. The number of carbonyl (C=O) groups is 2. The van der Waals surface area contributed by atoms with Crippen molar-refractivity contribution in [3.05, 3.63) is 57.5 Å². The number of anilines is 1. The summed E-state index contributed by atoms with van der Waals surface area (Å²) >= 11 is 15.4. The first-order valence-corrected chi connectivity index (χ1v) is 14.6. The summed E-state index contributed by atoms with van der Waals surface area (Å²) in [5, 5.41) is 12.5. The lowest BCUT2D eigenvalue weighted by Gasteiger charge is -2.35. The summed E-state index contributed by atoms with van der Waals surface area (Å²) in [7, 11) is 0. The number of ether oxygens (including phenoxy) is 1. The molecule has 3 aliphatic rings. The summed E-state index contributed by atoms with van der Waals surface area (Å²) < 4.78 is 5.92. The molecule has 2 amide bonds. The lowest BCUT2D eigenvalue weighted by atomic mass is 9.99. The molecule has 1 aromatic carbocycles. The molecule has 2 aliphatic heterocycles. The van der Waals surface area contributed by atoms with E-state index in [-0.39, 0.29) is 22.6 Å². The van der Waals surface area contributed by atoms with Gasteiger partial charge in [0.15, 0.2) is 0 Å². The largest absolute Gasteiger partial charge is 0.374 e. The van der Waals surface area contributed by atoms with Crippen LogP contribution in [0.3, 0.4) is 0 Å². The van der Waals surface area contributed by atoms with E-state index in [1.54, 1.807) is 23.5 Å². The molecule has 194 valence electrons. The van der Waals surface area contributed by atoms with E-state index in [2.05, 4.69) is 20.9 Å². The predicted molar refractivity (Wildman–Crippen MR) is 151 cm³/mol. The van der Waals surface area contributed by atoms with E-state index in [4.69, 9.17) is 27.9 Å². The summed E-state index contributed by atoms with van der Waals surface area (Å²) in [6.45, 7) is 5.17. The molecule has 0 saturated carbocycles. The number of rotatable bonds is 9. The van der Waals surface area contributed by atoms with Gasteiger partial charge < -0.3 is 20.7 Å². The number of thioether (sulfide) groups is 2. The highest BCUT2D eigenvalue weighted by atomic mass is 35.5. The number of hydrogen-bond acceptors (Lipinski definition) is 7. The van der Waals surface area contributed by atoms with Gasteiger partial charge in [-0.05, 0) is 29.9 Å². The third-order valence-corrected chi connectivity index (χ3v) is 9.01. The summed E-state index contributed by atoms with van der Waals surface area (Å²) in [6.07, 6.45) is 4.86. The van der Waals surface area contributed by atoms with Gasteiger partial charge in [0, 0.05) is 50.1 Å². The first-order valence-electron chi connectivity index (χ1n) is 11.8. The van der Waals surface area contributed by atoms with Gasteiger partial charge in [-0.3, -0.25) is 14.5 Å². The van der Waals surface area contributed by atoms with Crippen molar-refractivity contribution in [2.45, 2.75) is 24.2 Å². The van der Waals surface area contributed by atoms with Crippen LogP contribution in [-0.2, 0) is 14.3 Å². The summed E-state index contributed by atoms with van der Waals surface area (Å²) in [5.41, 5.74) is 2.73. The van der Waals surface area contributed by atoms with Crippen molar-refractivity contribution in [3.8, 4) is 0 Å². The van der Waals surface area contributed by atoms with Crippen LogP contribution in [0.1, 0.15) is 18.9 Å². The highest BCUT2D eigenvalue weighted by Gasteiger charge is 2.25. The number of nitrogens with one attached hydrogen (secondary N) is 3. The Bertz CT molecular complexity index is 1070. The molecular weight excluding hydrogens is 539 g/mol. The van der Waals surface area contributed by atoms with E-state index in [0.717, 1.165) is 43.0 Å². The molecule has 1 fully saturated rings. The standard InChI is InChI=1S/C25H30Cl2N4O3S2/c1-16(32)29-19-4-2-3-18(10-19)23-14-35-25(30-23)36-15-24(33)28-11-20-13-31(7-8-34-20)12-17-5-6-21(26)22(27)9-17/h2-4,6,9-10,14,17,20,25,30H,5,7-8,11-13,15H2,1H3,(H,28,33)(H,29,32)/t17?,20-,25?/m0/s1. The van der Waals surface area contributed by atoms with Gasteiger partial charge in [-0.2, -0.15) is 0 Å². The molecular formula is C25H30Cl2N4O3S2. The van der Waals surface area contributed by atoms with Gasteiger partial charge in [-0.25, -0.2) is 0 Å². The molecule has 4 rings (SSSR count). The first kappa shape index (κ1) is 27.4. The van der Waals surface area contributed by atoms with Crippen LogP contribution in [0.25, 0.3) is 5.70 Å². The van der Waals surface area contributed by atoms with Crippen molar-refractivity contribution in [3.63, 3.8) is 0 Å². The van der Waals surface area contributed by atoms with E-state index in [1.165, 1.54) is 6.92 Å². The molecule has 0 aromatic heterocycles. The Morgan fingerprint density at radius 3 is 2.97 bits per heavy atom.